The second-order valence-electron chi connectivity index (χ2n) is 6.44. The molecule has 1 fully saturated rings. The molecule has 1 aromatic carbocycles. The monoisotopic (exact) mass is 434 g/mol. The number of rotatable bonds is 5. The Labute approximate surface area is 177 Å². The van der Waals surface area contributed by atoms with Gasteiger partial charge in [-0.2, -0.15) is 0 Å². The van der Waals surface area contributed by atoms with E-state index in [0.717, 1.165) is 30.2 Å². The molecule has 0 radical (unpaired) electrons. The summed E-state index contributed by atoms with van der Waals surface area (Å²) in [6, 6.07) is 9.81. The van der Waals surface area contributed by atoms with E-state index in [-0.39, 0.29) is 35.2 Å². The molecule has 7 nitrogen and oxygen atoms in total. The number of hydrogen-bond acceptors (Lipinski definition) is 7. The number of nitrogens with zero attached hydrogens (tertiary/aromatic N) is 4. The number of carbonyl (C=O) groups is 1. The van der Waals surface area contributed by atoms with Gasteiger partial charge in [0.2, 0.25) is 5.01 Å². The summed E-state index contributed by atoms with van der Waals surface area (Å²) >= 11 is 1.27. The van der Waals surface area contributed by atoms with Crippen molar-refractivity contribution in [2.75, 3.05) is 25.0 Å². The first-order valence-corrected chi connectivity index (χ1v) is 9.75. The summed E-state index contributed by atoms with van der Waals surface area (Å²) in [5.41, 5.74) is 1.66. The van der Waals surface area contributed by atoms with Crippen LogP contribution in [-0.2, 0) is 6.54 Å². The minimum atomic E-state index is -0.351. The quantitative estimate of drug-likeness (QED) is 0.642. The van der Waals surface area contributed by atoms with Crippen LogP contribution in [0.1, 0.15) is 26.4 Å². The Morgan fingerprint density at radius 1 is 1.28 bits per heavy atom. The highest BCUT2D eigenvalue weighted by Gasteiger charge is 2.25. The molecular weight excluding hydrogens is 415 g/mol. The topological polar surface area (TPSA) is 83.0 Å². The summed E-state index contributed by atoms with van der Waals surface area (Å²) in [5, 5.41) is 15.4. The van der Waals surface area contributed by atoms with Crippen LogP contribution in [0.2, 0.25) is 0 Å². The van der Waals surface area contributed by atoms with E-state index in [1.807, 2.05) is 12.3 Å². The second kappa shape index (κ2) is 9.84. The van der Waals surface area contributed by atoms with Gasteiger partial charge in [0.15, 0.2) is 0 Å². The number of pyridine rings is 1. The molecule has 1 saturated heterocycles. The van der Waals surface area contributed by atoms with Gasteiger partial charge < -0.3 is 10.6 Å². The van der Waals surface area contributed by atoms with Crippen LogP contribution >= 0.6 is 23.7 Å². The lowest BCUT2D eigenvalue weighted by molar-refractivity contribution is 0.102. The molecule has 1 aliphatic rings. The van der Waals surface area contributed by atoms with Gasteiger partial charge in [-0.05, 0) is 35.9 Å². The van der Waals surface area contributed by atoms with E-state index in [2.05, 4.69) is 36.8 Å². The van der Waals surface area contributed by atoms with Gasteiger partial charge in [0.25, 0.3) is 5.91 Å². The number of hydrogen-bond donors (Lipinski definition) is 2. The summed E-state index contributed by atoms with van der Waals surface area (Å²) in [6.45, 7) is 3.22. The average Bonchev–Trinajstić information content (AvgIpc) is 3.19. The van der Waals surface area contributed by atoms with Gasteiger partial charge in [-0.15, -0.1) is 22.6 Å². The van der Waals surface area contributed by atoms with Crippen LogP contribution in [0.3, 0.4) is 0 Å². The third-order valence-electron chi connectivity index (χ3n) is 4.52. The number of amides is 1. The van der Waals surface area contributed by atoms with Crippen LogP contribution in [0.4, 0.5) is 10.1 Å². The molecule has 0 bridgehead atoms. The minimum absolute atomic E-state index is 0. The maximum atomic E-state index is 13.0. The van der Waals surface area contributed by atoms with Crippen molar-refractivity contribution in [2.45, 2.75) is 12.6 Å². The Morgan fingerprint density at radius 2 is 2.10 bits per heavy atom. The predicted octanol–water partition coefficient (Wildman–Crippen LogP) is 2.89. The standard InChI is InChI=1S/C19H19FN6OS.ClH/c20-14-3-5-15(6-4-14)23-18(27)19-25-24-17(28-19)12-26-9-8-22-11-16(26)13-2-1-7-21-10-13;/h1-7,10,16,22H,8-9,11-12H2,(H,23,27);1H. The van der Waals surface area contributed by atoms with E-state index in [1.165, 1.54) is 35.6 Å². The molecular formula is C19H20ClFN6OS. The van der Waals surface area contributed by atoms with Crippen molar-refractivity contribution in [3.63, 3.8) is 0 Å². The van der Waals surface area contributed by atoms with Gasteiger partial charge in [-0.3, -0.25) is 14.7 Å². The molecule has 0 spiro atoms. The van der Waals surface area contributed by atoms with Crippen LogP contribution < -0.4 is 10.6 Å². The highest BCUT2D eigenvalue weighted by Crippen LogP contribution is 2.24. The molecule has 1 unspecified atom stereocenters. The van der Waals surface area contributed by atoms with Crippen LogP contribution in [0.25, 0.3) is 0 Å². The van der Waals surface area contributed by atoms with Crippen molar-refractivity contribution in [1.29, 1.82) is 0 Å². The van der Waals surface area contributed by atoms with Crippen molar-refractivity contribution in [3.8, 4) is 0 Å². The smallest absolute Gasteiger partial charge is 0.286 e. The largest absolute Gasteiger partial charge is 0.320 e. The molecule has 2 N–H and O–H groups in total. The fourth-order valence-electron chi connectivity index (χ4n) is 3.14. The third kappa shape index (κ3) is 5.33. The first kappa shape index (κ1) is 21.3. The highest BCUT2D eigenvalue weighted by atomic mass is 35.5. The average molecular weight is 435 g/mol. The van der Waals surface area contributed by atoms with Gasteiger partial charge in [-0.1, -0.05) is 17.4 Å². The Kier molecular flexibility index (Phi) is 7.21. The Morgan fingerprint density at radius 3 is 2.86 bits per heavy atom. The summed E-state index contributed by atoms with van der Waals surface area (Å²) in [7, 11) is 0. The van der Waals surface area contributed by atoms with Crippen LogP contribution in [0.5, 0.6) is 0 Å². The lowest BCUT2D eigenvalue weighted by atomic mass is 10.1. The molecule has 1 atom stereocenters. The molecule has 10 heteroatoms. The fourth-order valence-corrected chi connectivity index (χ4v) is 3.90. The second-order valence-corrected chi connectivity index (χ2v) is 7.50. The highest BCUT2D eigenvalue weighted by molar-refractivity contribution is 7.13. The van der Waals surface area contributed by atoms with Gasteiger partial charge in [0, 0.05) is 43.8 Å². The van der Waals surface area contributed by atoms with Crippen LogP contribution in [0, 0.1) is 5.82 Å². The zero-order chi connectivity index (χ0) is 19.3. The molecule has 29 heavy (non-hydrogen) atoms. The summed E-state index contributed by atoms with van der Waals surface area (Å²) < 4.78 is 13.0. The molecule has 152 valence electrons. The minimum Gasteiger partial charge on any atom is -0.320 e. The number of nitrogens with one attached hydrogen (secondary N) is 2. The zero-order valence-electron chi connectivity index (χ0n) is 15.4. The number of carbonyl (C=O) groups excluding carboxylic acids is 1. The Hall–Kier alpha value is -2.46. The Bertz CT molecular complexity index is 939. The van der Waals surface area contributed by atoms with Crippen LogP contribution in [0.15, 0.2) is 48.8 Å². The first-order valence-electron chi connectivity index (χ1n) is 8.93. The number of aromatic nitrogens is 3. The van der Waals surface area contributed by atoms with Gasteiger partial charge in [0.1, 0.15) is 10.8 Å². The number of piperazine rings is 1. The molecule has 3 heterocycles. The molecule has 0 aliphatic carbocycles. The predicted molar refractivity (Wildman–Crippen MR) is 112 cm³/mol. The lowest BCUT2D eigenvalue weighted by Gasteiger charge is -2.35. The first-order chi connectivity index (χ1) is 13.7. The van der Waals surface area contributed by atoms with E-state index in [0.29, 0.717) is 12.2 Å². The summed E-state index contributed by atoms with van der Waals surface area (Å²) in [6.07, 6.45) is 3.65. The lowest BCUT2D eigenvalue weighted by Crippen LogP contribution is -2.45. The van der Waals surface area contributed by atoms with E-state index in [4.69, 9.17) is 0 Å². The number of halogens is 2. The fraction of sp³-hybridized carbons (Fsp3) is 0.263. The van der Waals surface area contributed by atoms with Gasteiger partial charge in [0.05, 0.1) is 6.54 Å². The maximum absolute atomic E-state index is 13.0. The van der Waals surface area contributed by atoms with Crippen molar-refractivity contribution >= 4 is 35.3 Å². The number of anilines is 1. The van der Waals surface area contributed by atoms with Crippen LogP contribution in [-0.4, -0.2) is 45.6 Å². The Balaban J connectivity index is 0.00000240. The third-order valence-corrected chi connectivity index (χ3v) is 5.43. The van der Waals surface area contributed by atoms with Gasteiger partial charge >= 0.3 is 0 Å². The van der Waals surface area contributed by atoms with E-state index in [1.54, 1.807) is 6.20 Å². The molecule has 0 saturated carbocycles. The SMILES string of the molecule is Cl.O=C(Nc1ccc(F)cc1)c1nnc(CN2CCNCC2c2cccnc2)s1. The van der Waals surface area contributed by atoms with Gasteiger partial charge in [-0.25, -0.2) is 4.39 Å². The van der Waals surface area contributed by atoms with E-state index >= 15 is 0 Å². The molecule has 4 rings (SSSR count). The molecule has 3 aromatic rings. The summed E-state index contributed by atoms with van der Waals surface area (Å²) in [5.74, 6) is -0.699. The van der Waals surface area contributed by atoms with Crippen molar-refractivity contribution in [2.24, 2.45) is 0 Å². The maximum Gasteiger partial charge on any atom is 0.286 e. The van der Waals surface area contributed by atoms with E-state index in [9.17, 15) is 9.18 Å². The molecule has 2 aromatic heterocycles. The molecule has 1 aliphatic heterocycles. The van der Waals surface area contributed by atoms with Crippen molar-refractivity contribution < 1.29 is 9.18 Å². The normalized spacial score (nSPS) is 16.8. The number of benzene rings is 1. The molecule has 1 amide bonds. The zero-order valence-corrected chi connectivity index (χ0v) is 17.0. The summed E-state index contributed by atoms with van der Waals surface area (Å²) in [4.78, 5) is 18.9. The van der Waals surface area contributed by atoms with Crippen molar-refractivity contribution in [3.05, 3.63) is 70.2 Å². The van der Waals surface area contributed by atoms with E-state index < -0.39 is 0 Å². The van der Waals surface area contributed by atoms with Crippen molar-refractivity contribution in [1.82, 2.24) is 25.4 Å².